The number of amides is 1. The summed E-state index contributed by atoms with van der Waals surface area (Å²) in [4.78, 5) is 21.4. The number of likely N-dealkylation sites (tertiary alicyclic amines) is 2. The first-order valence-corrected chi connectivity index (χ1v) is 10.1. The Morgan fingerprint density at radius 3 is 2.37 bits per heavy atom. The van der Waals surface area contributed by atoms with Crippen LogP contribution in [-0.2, 0) is 11.2 Å². The van der Waals surface area contributed by atoms with Crippen molar-refractivity contribution < 1.29 is 4.79 Å². The molecule has 0 bridgehead atoms. The van der Waals surface area contributed by atoms with Crippen LogP contribution in [0.25, 0.3) is 0 Å². The minimum absolute atomic E-state index is 0. The molecule has 0 aliphatic carbocycles. The van der Waals surface area contributed by atoms with Gasteiger partial charge in [0.05, 0.1) is 0 Å². The minimum atomic E-state index is 0. The van der Waals surface area contributed by atoms with Gasteiger partial charge in [0, 0.05) is 32.7 Å². The molecule has 2 aliphatic rings. The van der Waals surface area contributed by atoms with Crippen LogP contribution in [-0.4, -0.2) is 60.9 Å². The molecule has 0 aromatic heterocycles. The van der Waals surface area contributed by atoms with E-state index in [9.17, 15) is 4.79 Å². The van der Waals surface area contributed by atoms with Gasteiger partial charge < -0.3 is 15.1 Å². The Kier molecular flexibility index (Phi) is 9.38. The SMILES string of the molecule is CCNC(=NCC(=O)N1CCC(Cc2ccccc2)CC1)N1CCCC1.I. The highest BCUT2D eigenvalue weighted by molar-refractivity contribution is 14.0. The Hall–Kier alpha value is -1.31. The summed E-state index contributed by atoms with van der Waals surface area (Å²) < 4.78 is 0. The third-order valence-electron chi connectivity index (χ3n) is 5.44. The van der Waals surface area contributed by atoms with E-state index in [1.807, 2.05) is 4.90 Å². The number of piperidine rings is 1. The largest absolute Gasteiger partial charge is 0.357 e. The molecule has 1 amide bonds. The van der Waals surface area contributed by atoms with E-state index in [4.69, 9.17) is 0 Å². The molecule has 1 aromatic carbocycles. The summed E-state index contributed by atoms with van der Waals surface area (Å²) in [5.74, 6) is 1.75. The zero-order valence-corrected chi connectivity index (χ0v) is 18.7. The number of benzene rings is 1. The lowest BCUT2D eigenvalue weighted by Gasteiger charge is -2.32. The van der Waals surface area contributed by atoms with Gasteiger partial charge in [-0.15, -0.1) is 24.0 Å². The van der Waals surface area contributed by atoms with Crippen LogP contribution in [0.5, 0.6) is 0 Å². The summed E-state index contributed by atoms with van der Waals surface area (Å²) >= 11 is 0. The highest BCUT2D eigenvalue weighted by Gasteiger charge is 2.23. The fourth-order valence-corrected chi connectivity index (χ4v) is 3.93. The molecule has 0 spiro atoms. The molecular formula is C21H33IN4O. The molecule has 3 rings (SSSR count). The molecule has 1 N–H and O–H groups in total. The van der Waals surface area contributed by atoms with Gasteiger partial charge in [0.15, 0.2) is 5.96 Å². The highest BCUT2D eigenvalue weighted by Crippen LogP contribution is 2.21. The van der Waals surface area contributed by atoms with E-state index in [0.717, 1.165) is 57.9 Å². The van der Waals surface area contributed by atoms with Crippen molar-refractivity contribution in [2.75, 3.05) is 39.3 Å². The Labute approximate surface area is 180 Å². The number of hydrogen-bond acceptors (Lipinski definition) is 2. The molecule has 2 aliphatic heterocycles. The summed E-state index contributed by atoms with van der Waals surface area (Å²) in [7, 11) is 0. The Morgan fingerprint density at radius 1 is 1.07 bits per heavy atom. The first-order valence-electron chi connectivity index (χ1n) is 10.1. The van der Waals surface area contributed by atoms with Crippen molar-refractivity contribution in [3.63, 3.8) is 0 Å². The van der Waals surface area contributed by atoms with Crippen LogP contribution >= 0.6 is 24.0 Å². The first kappa shape index (κ1) is 22.0. The Bertz CT molecular complexity index is 593. The van der Waals surface area contributed by atoms with Crippen molar-refractivity contribution in [2.45, 2.75) is 39.0 Å². The van der Waals surface area contributed by atoms with E-state index >= 15 is 0 Å². The summed E-state index contributed by atoms with van der Waals surface area (Å²) in [6, 6.07) is 10.7. The van der Waals surface area contributed by atoms with Crippen molar-refractivity contribution in [1.29, 1.82) is 0 Å². The van der Waals surface area contributed by atoms with Crippen molar-refractivity contribution in [3.8, 4) is 0 Å². The average molecular weight is 484 g/mol. The maximum absolute atomic E-state index is 12.6. The number of halogens is 1. The fourth-order valence-electron chi connectivity index (χ4n) is 3.93. The lowest BCUT2D eigenvalue weighted by molar-refractivity contribution is -0.131. The molecule has 6 heteroatoms. The van der Waals surface area contributed by atoms with Gasteiger partial charge in [-0.05, 0) is 50.5 Å². The van der Waals surface area contributed by atoms with Crippen LogP contribution in [0.4, 0.5) is 0 Å². The molecule has 0 unspecified atom stereocenters. The summed E-state index contributed by atoms with van der Waals surface area (Å²) in [5.41, 5.74) is 1.41. The number of carbonyl (C=O) groups excluding carboxylic acids is 1. The summed E-state index contributed by atoms with van der Waals surface area (Å²) in [6.07, 6.45) is 5.74. The number of nitrogens with one attached hydrogen (secondary N) is 1. The first-order chi connectivity index (χ1) is 12.8. The molecule has 0 radical (unpaired) electrons. The second-order valence-corrected chi connectivity index (χ2v) is 7.38. The van der Waals surface area contributed by atoms with Crippen LogP contribution in [0.15, 0.2) is 35.3 Å². The van der Waals surface area contributed by atoms with Crippen molar-refractivity contribution in [3.05, 3.63) is 35.9 Å². The van der Waals surface area contributed by atoms with Crippen molar-refractivity contribution in [1.82, 2.24) is 15.1 Å². The third kappa shape index (κ3) is 6.66. The van der Waals surface area contributed by atoms with Crippen molar-refractivity contribution >= 4 is 35.8 Å². The van der Waals surface area contributed by atoms with Gasteiger partial charge in [-0.1, -0.05) is 30.3 Å². The van der Waals surface area contributed by atoms with Gasteiger partial charge in [-0.3, -0.25) is 4.79 Å². The third-order valence-corrected chi connectivity index (χ3v) is 5.44. The summed E-state index contributed by atoms with van der Waals surface area (Å²) in [6.45, 7) is 7.01. The van der Waals surface area contributed by atoms with E-state index in [1.165, 1.54) is 18.4 Å². The predicted molar refractivity (Wildman–Crippen MR) is 122 cm³/mol. The van der Waals surface area contributed by atoms with Crippen LogP contribution in [0.3, 0.4) is 0 Å². The second kappa shape index (κ2) is 11.5. The van der Waals surface area contributed by atoms with Crippen molar-refractivity contribution in [2.24, 2.45) is 10.9 Å². The number of nitrogens with zero attached hydrogens (tertiary/aromatic N) is 3. The molecule has 1 aromatic rings. The molecule has 150 valence electrons. The zero-order valence-electron chi connectivity index (χ0n) is 16.4. The topological polar surface area (TPSA) is 47.9 Å². The number of rotatable bonds is 5. The highest BCUT2D eigenvalue weighted by atomic mass is 127. The van der Waals surface area contributed by atoms with E-state index in [2.05, 4.69) is 52.5 Å². The molecule has 5 nitrogen and oxygen atoms in total. The van der Waals surface area contributed by atoms with E-state index in [-0.39, 0.29) is 36.4 Å². The Morgan fingerprint density at radius 2 is 1.74 bits per heavy atom. The van der Waals surface area contributed by atoms with Crippen LogP contribution in [0, 0.1) is 5.92 Å². The lowest BCUT2D eigenvalue weighted by atomic mass is 9.90. The maximum atomic E-state index is 12.6. The second-order valence-electron chi connectivity index (χ2n) is 7.38. The molecule has 2 fully saturated rings. The number of guanidine groups is 1. The standard InChI is InChI=1S/C21H32N4O.HI/c1-2-22-21(25-12-6-7-13-25)23-17-20(26)24-14-10-19(11-15-24)16-18-8-4-3-5-9-18;/h3-5,8-9,19H,2,6-7,10-17H2,1H3,(H,22,23);1H. The zero-order chi connectivity index (χ0) is 18.2. The predicted octanol–water partition coefficient (Wildman–Crippen LogP) is 3.15. The van der Waals surface area contributed by atoms with Crippen LogP contribution < -0.4 is 5.32 Å². The van der Waals surface area contributed by atoms with Gasteiger partial charge >= 0.3 is 0 Å². The van der Waals surface area contributed by atoms with Gasteiger partial charge in [0.1, 0.15) is 6.54 Å². The van der Waals surface area contributed by atoms with Gasteiger partial charge in [-0.25, -0.2) is 4.99 Å². The average Bonchev–Trinajstić information content (AvgIpc) is 3.21. The molecule has 0 saturated carbocycles. The Balaban J connectivity index is 0.00000261. The molecule has 2 heterocycles. The van der Waals surface area contributed by atoms with Gasteiger partial charge in [0.2, 0.25) is 5.91 Å². The monoisotopic (exact) mass is 484 g/mol. The molecule has 0 atom stereocenters. The van der Waals surface area contributed by atoms with Crippen LogP contribution in [0.1, 0.15) is 38.2 Å². The number of aliphatic imine (C=N–C) groups is 1. The van der Waals surface area contributed by atoms with Gasteiger partial charge in [-0.2, -0.15) is 0 Å². The van der Waals surface area contributed by atoms with Crippen LogP contribution in [0.2, 0.25) is 0 Å². The number of hydrogen-bond donors (Lipinski definition) is 1. The van der Waals surface area contributed by atoms with E-state index in [1.54, 1.807) is 0 Å². The molecule has 2 saturated heterocycles. The number of carbonyl (C=O) groups is 1. The minimum Gasteiger partial charge on any atom is -0.357 e. The molecular weight excluding hydrogens is 451 g/mol. The van der Waals surface area contributed by atoms with E-state index < -0.39 is 0 Å². The maximum Gasteiger partial charge on any atom is 0.244 e. The van der Waals surface area contributed by atoms with Gasteiger partial charge in [0.25, 0.3) is 0 Å². The molecule has 27 heavy (non-hydrogen) atoms. The van der Waals surface area contributed by atoms with E-state index in [0.29, 0.717) is 5.92 Å². The quantitative estimate of drug-likeness (QED) is 0.397. The smallest absolute Gasteiger partial charge is 0.244 e. The normalized spacial score (nSPS) is 18.3. The lowest BCUT2D eigenvalue weighted by Crippen LogP contribution is -2.42. The fraction of sp³-hybridized carbons (Fsp3) is 0.619. The summed E-state index contributed by atoms with van der Waals surface area (Å²) in [5, 5.41) is 3.32.